The molecule has 0 aromatic heterocycles. The summed E-state index contributed by atoms with van der Waals surface area (Å²) in [6, 6.07) is 20.7. The van der Waals surface area contributed by atoms with Gasteiger partial charge in [0.1, 0.15) is 5.92 Å². The second kappa shape index (κ2) is 7.96. The Bertz CT molecular complexity index is 1200. The van der Waals surface area contributed by atoms with Crippen LogP contribution in [0.15, 0.2) is 77.3 Å². The van der Waals surface area contributed by atoms with E-state index in [0.29, 0.717) is 21.4 Å². The Kier molecular flexibility index (Phi) is 5.11. The van der Waals surface area contributed by atoms with Gasteiger partial charge in [0.2, 0.25) is 5.91 Å². The van der Waals surface area contributed by atoms with Crippen LogP contribution in [-0.2, 0) is 14.4 Å². The van der Waals surface area contributed by atoms with Gasteiger partial charge in [-0.3, -0.25) is 14.4 Å². The number of carbonyl (C=O) groups is 2. The Morgan fingerprint density at radius 1 is 0.969 bits per heavy atom. The van der Waals surface area contributed by atoms with E-state index < -0.39 is 24.0 Å². The Hall–Kier alpha value is -3.36. The Balaban J connectivity index is 1.62. The number of anilines is 2. The molecule has 1 N–H and O–H groups in total. The molecule has 2 aliphatic heterocycles. The van der Waals surface area contributed by atoms with E-state index in [1.807, 2.05) is 36.4 Å². The highest BCUT2D eigenvalue weighted by Crippen LogP contribution is 2.49. The summed E-state index contributed by atoms with van der Waals surface area (Å²) in [7, 11) is 1.46. The minimum absolute atomic E-state index is 0.0124. The molecule has 2 fully saturated rings. The Morgan fingerprint density at radius 3 is 2.41 bits per heavy atom. The molecule has 7 nitrogen and oxygen atoms in total. The highest BCUT2D eigenvalue weighted by Gasteiger charge is 2.60. The molecule has 32 heavy (non-hydrogen) atoms. The van der Waals surface area contributed by atoms with E-state index in [1.54, 1.807) is 35.4 Å². The monoisotopic (exact) mass is 494 g/mol. The van der Waals surface area contributed by atoms with Gasteiger partial charge >= 0.3 is 0 Å². The molecule has 3 atom stereocenters. The predicted molar refractivity (Wildman–Crippen MR) is 121 cm³/mol. The van der Waals surface area contributed by atoms with Crippen LogP contribution in [-0.4, -0.2) is 30.1 Å². The standard InChI is InChI=1S/C24H19BrN2O5/c1-31-19-13-14(11-12-18(19)28)21-20-22(32-27(21)15-7-3-2-4-8-15)24(30)26(23(20)29)17-10-6-5-9-16(17)25/h2-13,20-22,28H,1H3/t20-,21+,22+/m0/s1. The fourth-order valence-electron chi connectivity index (χ4n) is 4.30. The molecule has 0 unspecified atom stereocenters. The number of phenolic OH excluding ortho intramolecular Hbond substituents is 1. The van der Waals surface area contributed by atoms with Gasteiger partial charge in [0.15, 0.2) is 17.6 Å². The molecule has 2 saturated heterocycles. The number of methoxy groups -OCH3 is 1. The van der Waals surface area contributed by atoms with Gasteiger partial charge in [0.25, 0.3) is 5.91 Å². The predicted octanol–water partition coefficient (Wildman–Crippen LogP) is 4.21. The van der Waals surface area contributed by atoms with Gasteiger partial charge < -0.3 is 9.84 Å². The molecular formula is C24H19BrN2O5. The summed E-state index contributed by atoms with van der Waals surface area (Å²) >= 11 is 3.43. The number of para-hydroxylation sites is 2. The third-order valence-electron chi connectivity index (χ3n) is 5.76. The van der Waals surface area contributed by atoms with Crippen LogP contribution >= 0.6 is 15.9 Å². The summed E-state index contributed by atoms with van der Waals surface area (Å²) in [5.74, 6) is -1.27. The molecule has 3 aromatic rings. The van der Waals surface area contributed by atoms with E-state index in [1.165, 1.54) is 18.1 Å². The van der Waals surface area contributed by atoms with Crippen molar-refractivity contribution in [2.24, 2.45) is 5.92 Å². The topological polar surface area (TPSA) is 79.3 Å². The van der Waals surface area contributed by atoms with Crippen molar-refractivity contribution in [1.29, 1.82) is 0 Å². The number of hydrogen-bond donors (Lipinski definition) is 1. The van der Waals surface area contributed by atoms with Crippen LogP contribution in [0.2, 0.25) is 0 Å². The molecule has 0 bridgehead atoms. The van der Waals surface area contributed by atoms with Crippen molar-refractivity contribution in [3.05, 3.63) is 82.8 Å². The summed E-state index contributed by atoms with van der Waals surface area (Å²) in [6.45, 7) is 0. The van der Waals surface area contributed by atoms with Gasteiger partial charge in [-0.05, 0) is 57.9 Å². The summed E-state index contributed by atoms with van der Waals surface area (Å²) in [5.41, 5.74) is 1.88. The number of rotatable bonds is 4. The first-order valence-corrected chi connectivity index (χ1v) is 10.8. The van der Waals surface area contributed by atoms with Crippen molar-refractivity contribution in [2.75, 3.05) is 17.1 Å². The largest absolute Gasteiger partial charge is 0.504 e. The second-order valence-corrected chi connectivity index (χ2v) is 8.41. The maximum Gasteiger partial charge on any atom is 0.266 e. The SMILES string of the molecule is COc1cc([C@@H]2[C@@H]3C(=O)N(c4ccccc4Br)C(=O)[C@@H]3ON2c2ccccc2)ccc1O. The maximum absolute atomic E-state index is 13.6. The number of amides is 2. The van der Waals surface area contributed by atoms with E-state index in [9.17, 15) is 14.7 Å². The molecule has 8 heteroatoms. The molecule has 0 radical (unpaired) electrons. The normalized spacial score (nSPS) is 22.4. The molecule has 2 heterocycles. The fourth-order valence-corrected chi connectivity index (χ4v) is 4.76. The molecule has 162 valence electrons. The van der Waals surface area contributed by atoms with Crippen LogP contribution in [0.1, 0.15) is 11.6 Å². The molecule has 2 aliphatic rings. The smallest absolute Gasteiger partial charge is 0.266 e. The number of imide groups is 1. The number of fused-ring (bicyclic) bond motifs is 1. The zero-order valence-electron chi connectivity index (χ0n) is 17.0. The van der Waals surface area contributed by atoms with Crippen LogP contribution in [0.4, 0.5) is 11.4 Å². The van der Waals surface area contributed by atoms with E-state index in [2.05, 4.69) is 15.9 Å². The minimum atomic E-state index is -0.973. The van der Waals surface area contributed by atoms with Crippen LogP contribution in [0, 0.1) is 5.92 Å². The number of benzene rings is 3. The Labute approximate surface area is 192 Å². The molecule has 0 spiro atoms. The van der Waals surface area contributed by atoms with Crippen molar-refractivity contribution in [3.63, 3.8) is 0 Å². The highest BCUT2D eigenvalue weighted by molar-refractivity contribution is 9.10. The molecule has 2 amide bonds. The lowest BCUT2D eigenvalue weighted by atomic mass is 9.90. The van der Waals surface area contributed by atoms with Gasteiger partial charge in [-0.2, -0.15) is 0 Å². The van der Waals surface area contributed by atoms with Gasteiger partial charge in [-0.25, -0.2) is 9.96 Å². The first kappa shape index (κ1) is 20.5. The van der Waals surface area contributed by atoms with Crippen LogP contribution in [0.25, 0.3) is 0 Å². The molecule has 5 rings (SSSR count). The lowest BCUT2D eigenvalue weighted by molar-refractivity contribution is -0.126. The first-order valence-electron chi connectivity index (χ1n) is 10.0. The molecular weight excluding hydrogens is 476 g/mol. The lowest BCUT2D eigenvalue weighted by Crippen LogP contribution is -2.37. The van der Waals surface area contributed by atoms with Gasteiger partial charge in [-0.1, -0.05) is 36.4 Å². The second-order valence-electron chi connectivity index (χ2n) is 7.55. The maximum atomic E-state index is 13.6. The number of halogens is 1. The average molecular weight is 495 g/mol. The highest BCUT2D eigenvalue weighted by atomic mass is 79.9. The minimum Gasteiger partial charge on any atom is -0.504 e. The van der Waals surface area contributed by atoms with E-state index in [-0.39, 0.29) is 17.4 Å². The third-order valence-corrected chi connectivity index (χ3v) is 6.44. The van der Waals surface area contributed by atoms with Crippen molar-refractivity contribution >= 4 is 39.1 Å². The number of phenols is 1. The number of hydrogen-bond acceptors (Lipinski definition) is 6. The van der Waals surface area contributed by atoms with Gasteiger partial charge in [0, 0.05) is 4.47 Å². The molecule has 0 saturated carbocycles. The number of aromatic hydroxyl groups is 1. The average Bonchev–Trinajstić information content (AvgIpc) is 3.31. The number of nitrogens with zero attached hydrogens (tertiary/aromatic N) is 2. The van der Waals surface area contributed by atoms with Crippen LogP contribution in [0.5, 0.6) is 11.5 Å². The number of carbonyl (C=O) groups excluding carboxylic acids is 2. The van der Waals surface area contributed by atoms with Crippen molar-refractivity contribution in [1.82, 2.24) is 0 Å². The first-order chi connectivity index (χ1) is 15.5. The lowest BCUT2D eigenvalue weighted by Gasteiger charge is -2.29. The van der Waals surface area contributed by atoms with Gasteiger partial charge in [-0.15, -0.1) is 0 Å². The summed E-state index contributed by atoms with van der Waals surface area (Å²) in [5, 5.41) is 11.7. The molecule has 3 aromatic carbocycles. The van der Waals surface area contributed by atoms with Crippen LogP contribution in [0.3, 0.4) is 0 Å². The fraction of sp³-hybridized carbons (Fsp3) is 0.167. The number of ether oxygens (including phenoxy) is 1. The summed E-state index contributed by atoms with van der Waals surface area (Å²) in [6.07, 6.45) is -0.973. The van der Waals surface area contributed by atoms with Crippen molar-refractivity contribution in [2.45, 2.75) is 12.1 Å². The quantitative estimate of drug-likeness (QED) is 0.547. The van der Waals surface area contributed by atoms with Gasteiger partial charge in [0.05, 0.1) is 24.5 Å². The molecule has 0 aliphatic carbocycles. The number of hydroxylamine groups is 1. The van der Waals surface area contributed by atoms with Crippen LogP contribution < -0.4 is 14.7 Å². The van der Waals surface area contributed by atoms with E-state index in [4.69, 9.17) is 9.57 Å². The Morgan fingerprint density at radius 2 is 1.69 bits per heavy atom. The van der Waals surface area contributed by atoms with Crippen molar-refractivity contribution < 1.29 is 24.3 Å². The van der Waals surface area contributed by atoms with E-state index in [0.717, 1.165) is 0 Å². The summed E-state index contributed by atoms with van der Waals surface area (Å²) in [4.78, 5) is 34.3. The third kappa shape index (κ3) is 3.14. The van der Waals surface area contributed by atoms with Crippen molar-refractivity contribution in [3.8, 4) is 11.5 Å². The van der Waals surface area contributed by atoms with E-state index >= 15 is 0 Å². The zero-order chi connectivity index (χ0) is 22.4. The zero-order valence-corrected chi connectivity index (χ0v) is 18.6. The summed E-state index contributed by atoms with van der Waals surface area (Å²) < 4.78 is 5.92.